The molecule has 9 nitrogen and oxygen atoms in total. The number of hydrogen-bond acceptors (Lipinski definition) is 6. The van der Waals surface area contributed by atoms with Crippen LogP contribution in [0.2, 0.25) is 0 Å². The van der Waals surface area contributed by atoms with Gasteiger partial charge in [-0.2, -0.15) is 10.2 Å². The Morgan fingerprint density at radius 1 is 1.06 bits per heavy atom. The van der Waals surface area contributed by atoms with Crippen molar-refractivity contribution in [2.24, 2.45) is 16.1 Å². The van der Waals surface area contributed by atoms with Crippen LogP contribution >= 0.6 is 0 Å². The van der Waals surface area contributed by atoms with Crippen LogP contribution in [0.15, 0.2) is 64.8 Å². The molecule has 0 aromatic heterocycles. The average molecular weight is 467 g/mol. The van der Waals surface area contributed by atoms with Crippen LogP contribution in [0.1, 0.15) is 38.7 Å². The quantitative estimate of drug-likeness (QED) is 0.513. The number of likely N-dealkylation sites (tertiary alicyclic amines) is 1. The Balaban J connectivity index is 1.53. The van der Waals surface area contributed by atoms with Gasteiger partial charge in [0.25, 0.3) is 0 Å². The molecular formula is C25H30N4O5. The molecule has 2 N–H and O–H groups in total. The van der Waals surface area contributed by atoms with Crippen LogP contribution in [-0.4, -0.2) is 46.6 Å². The second-order valence-corrected chi connectivity index (χ2v) is 8.64. The van der Waals surface area contributed by atoms with Gasteiger partial charge in [0.15, 0.2) is 0 Å². The zero-order chi connectivity index (χ0) is 24.5. The van der Waals surface area contributed by atoms with E-state index in [0.29, 0.717) is 31.5 Å². The highest BCUT2D eigenvalue weighted by Crippen LogP contribution is 2.21. The van der Waals surface area contributed by atoms with Crippen molar-refractivity contribution in [1.29, 1.82) is 0 Å². The lowest BCUT2D eigenvalue weighted by molar-refractivity contribution is -0.142. The number of nitrogens with one attached hydrogen (secondary N) is 1. The van der Waals surface area contributed by atoms with Crippen LogP contribution < -0.4 is 5.32 Å². The monoisotopic (exact) mass is 466 g/mol. The van der Waals surface area contributed by atoms with E-state index in [4.69, 9.17) is 4.74 Å². The molecule has 180 valence electrons. The normalized spacial score (nSPS) is 16.6. The molecule has 1 aliphatic rings. The standard InChI is InChI=1S/C25H30N4O5/c1-17(2)15-21(24(31)32)26-23(30)22-9-6-14-29(22)25(33)34-16-18-10-12-20(13-11-18)28-27-19-7-4-3-5-8-19/h3-5,7-8,10-13,17,21-22H,6,9,14-16H2,1-2H3,(H,26,30)(H,31,32)/t21-,22-/m0/s1. The smallest absolute Gasteiger partial charge is 0.410 e. The van der Waals surface area contributed by atoms with Gasteiger partial charge >= 0.3 is 12.1 Å². The Hall–Kier alpha value is -3.75. The number of carbonyl (C=O) groups excluding carboxylic acids is 2. The predicted molar refractivity (Wildman–Crippen MR) is 126 cm³/mol. The van der Waals surface area contributed by atoms with Crippen molar-refractivity contribution in [3.63, 3.8) is 0 Å². The largest absolute Gasteiger partial charge is 0.480 e. The molecule has 2 amide bonds. The van der Waals surface area contributed by atoms with E-state index in [9.17, 15) is 19.5 Å². The third-order valence-corrected chi connectivity index (χ3v) is 5.45. The number of aliphatic carboxylic acids is 1. The van der Waals surface area contributed by atoms with E-state index in [1.54, 1.807) is 24.3 Å². The third-order valence-electron chi connectivity index (χ3n) is 5.45. The summed E-state index contributed by atoms with van der Waals surface area (Å²) in [7, 11) is 0. The lowest BCUT2D eigenvalue weighted by Crippen LogP contribution is -2.51. The zero-order valence-electron chi connectivity index (χ0n) is 19.4. The number of carboxylic acids is 1. The van der Waals surface area contributed by atoms with Crippen LogP contribution in [0, 0.1) is 5.92 Å². The number of carboxylic acid groups (broad SMARTS) is 1. The molecule has 1 aliphatic heterocycles. The lowest BCUT2D eigenvalue weighted by Gasteiger charge is -2.25. The van der Waals surface area contributed by atoms with Gasteiger partial charge in [0.05, 0.1) is 11.4 Å². The van der Waals surface area contributed by atoms with Crippen molar-refractivity contribution in [3.05, 3.63) is 60.2 Å². The number of benzene rings is 2. The topological polar surface area (TPSA) is 121 Å². The summed E-state index contributed by atoms with van der Waals surface area (Å²) < 4.78 is 5.42. The maximum Gasteiger partial charge on any atom is 0.410 e. The Bertz CT molecular complexity index is 1010. The van der Waals surface area contributed by atoms with Crippen molar-refractivity contribution in [3.8, 4) is 0 Å². The summed E-state index contributed by atoms with van der Waals surface area (Å²) in [6, 6.07) is 14.8. The molecule has 1 saturated heterocycles. The van der Waals surface area contributed by atoms with Gasteiger partial charge in [0.1, 0.15) is 18.7 Å². The predicted octanol–water partition coefficient (Wildman–Crippen LogP) is 4.82. The zero-order valence-corrected chi connectivity index (χ0v) is 19.4. The fourth-order valence-corrected chi connectivity index (χ4v) is 3.72. The van der Waals surface area contributed by atoms with Crippen LogP contribution in [0.25, 0.3) is 0 Å². The Morgan fingerprint density at radius 3 is 2.32 bits per heavy atom. The number of rotatable bonds is 9. The van der Waals surface area contributed by atoms with Gasteiger partial charge in [0, 0.05) is 6.54 Å². The van der Waals surface area contributed by atoms with Gasteiger partial charge in [-0.25, -0.2) is 9.59 Å². The molecule has 0 spiro atoms. The molecule has 34 heavy (non-hydrogen) atoms. The van der Waals surface area contributed by atoms with Crippen molar-refractivity contribution in [1.82, 2.24) is 10.2 Å². The average Bonchev–Trinajstić information content (AvgIpc) is 3.32. The number of azo groups is 1. The number of nitrogens with zero attached hydrogens (tertiary/aromatic N) is 3. The van der Waals surface area contributed by atoms with Gasteiger partial charge in [-0.3, -0.25) is 9.69 Å². The summed E-state index contributed by atoms with van der Waals surface area (Å²) in [5, 5.41) is 20.3. The van der Waals surface area contributed by atoms with Gasteiger partial charge < -0.3 is 15.2 Å². The van der Waals surface area contributed by atoms with Gasteiger partial charge in [0.2, 0.25) is 5.91 Å². The van der Waals surface area contributed by atoms with Crippen LogP contribution in [-0.2, 0) is 20.9 Å². The summed E-state index contributed by atoms with van der Waals surface area (Å²) in [5.41, 5.74) is 2.20. The second-order valence-electron chi connectivity index (χ2n) is 8.64. The molecule has 0 aliphatic carbocycles. The molecule has 2 aromatic carbocycles. The summed E-state index contributed by atoms with van der Waals surface area (Å²) in [5.74, 6) is -1.44. The van der Waals surface area contributed by atoms with E-state index in [-0.39, 0.29) is 12.5 Å². The summed E-state index contributed by atoms with van der Waals surface area (Å²) >= 11 is 0. The highest BCUT2D eigenvalue weighted by atomic mass is 16.6. The molecule has 3 rings (SSSR count). The second kappa shape index (κ2) is 11.9. The number of hydrogen-bond donors (Lipinski definition) is 2. The van der Waals surface area contributed by atoms with E-state index in [2.05, 4.69) is 15.5 Å². The maximum atomic E-state index is 12.7. The van der Waals surface area contributed by atoms with Crippen molar-refractivity contribution in [2.45, 2.75) is 51.8 Å². The molecule has 0 radical (unpaired) electrons. The maximum absolute atomic E-state index is 12.7. The molecule has 0 bridgehead atoms. The molecule has 1 heterocycles. The Morgan fingerprint density at radius 2 is 1.71 bits per heavy atom. The number of carbonyl (C=O) groups is 3. The molecule has 2 aromatic rings. The minimum absolute atomic E-state index is 0.0465. The Labute approximate surface area is 198 Å². The van der Waals surface area contributed by atoms with Crippen LogP contribution in [0.5, 0.6) is 0 Å². The first-order chi connectivity index (χ1) is 16.3. The van der Waals surface area contributed by atoms with E-state index < -0.39 is 30.1 Å². The van der Waals surface area contributed by atoms with Crippen LogP contribution in [0.3, 0.4) is 0 Å². The van der Waals surface area contributed by atoms with Gasteiger partial charge in [-0.1, -0.05) is 44.2 Å². The van der Waals surface area contributed by atoms with E-state index in [0.717, 1.165) is 11.3 Å². The summed E-state index contributed by atoms with van der Waals surface area (Å²) in [4.78, 5) is 38.2. The molecule has 1 fully saturated rings. The van der Waals surface area contributed by atoms with E-state index >= 15 is 0 Å². The van der Waals surface area contributed by atoms with E-state index in [1.165, 1.54) is 4.90 Å². The molecule has 0 saturated carbocycles. The number of amides is 2. The fraction of sp³-hybridized carbons (Fsp3) is 0.400. The molecule has 2 atom stereocenters. The SMILES string of the molecule is CC(C)C[C@H](NC(=O)[C@@H]1CCCN1C(=O)OCc1ccc(N=Nc2ccccc2)cc1)C(=O)O. The summed E-state index contributed by atoms with van der Waals surface area (Å²) in [6.45, 7) is 4.21. The van der Waals surface area contributed by atoms with Crippen molar-refractivity contribution >= 4 is 29.3 Å². The first-order valence-corrected chi connectivity index (χ1v) is 11.4. The van der Waals surface area contributed by atoms with Crippen LogP contribution in [0.4, 0.5) is 16.2 Å². The minimum Gasteiger partial charge on any atom is -0.480 e. The molecule has 9 heteroatoms. The minimum atomic E-state index is -1.08. The van der Waals surface area contributed by atoms with Crippen molar-refractivity contribution < 1.29 is 24.2 Å². The highest BCUT2D eigenvalue weighted by Gasteiger charge is 2.36. The molecular weight excluding hydrogens is 436 g/mol. The lowest BCUT2D eigenvalue weighted by atomic mass is 10.0. The first kappa shape index (κ1) is 24.9. The molecule has 0 unspecified atom stereocenters. The summed E-state index contributed by atoms with van der Waals surface area (Å²) in [6.07, 6.45) is 0.840. The van der Waals surface area contributed by atoms with Crippen molar-refractivity contribution in [2.75, 3.05) is 6.54 Å². The Kier molecular flexibility index (Phi) is 8.73. The van der Waals surface area contributed by atoms with Gasteiger partial charge in [-0.15, -0.1) is 0 Å². The number of ether oxygens (including phenoxy) is 1. The first-order valence-electron chi connectivity index (χ1n) is 11.4. The third kappa shape index (κ3) is 7.13. The van der Waals surface area contributed by atoms with E-state index in [1.807, 2.05) is 44.2 Å². The highest BCUT2D eigenvalue weighted by molar-refractivity contribution is 5.89. The fourth-order valence-electron chi connectivity index (χ4n) is 3.72. The van der Waals surface area contributed by atoms with Gasteiger partial charge in [-0.05, 0) is 55.0 Å².